The van der Waals surface area contributed by atoms with E-state index >= 15 is 0 Å². The molecule has 0 aliphatic heterocycles. The first kappa shape index (κ1) is 13.2. The Balaban J connectivity index is 2.68. The molecule has 0 aliphatic rings. The highest BCUT2D eigenvalue weighted by atomic mass is 79.9. The standard InChI is InChI=1S/C13H17BrO2/c1-3-4-5-8-16-13-9-11(14)6-7-12(13)10(2)15/h6-7,9H,3-5,8H2,1-2H3. The molecular weight excluding hydrogens is 268 g/mol. The quantitative estimate of drug-likeness (QED) is 0.577. The number of carbonyl (C=O) groups is 1. The van der Waals surface area contributed by atoms with Crippen molar-refractivity contribution in [2.45, 2.75) is 33.1 Å². The lowest BCUT2D eigenvalue weighted by Crippen LogP contribution is -2.02. The third-order valence-corrected chi connectivity index (χ3v) is 2.82. The fourth-order valence-electron chi connectivity index (χ4n) is 1.44. The van der Waals surface area contributed by atoms with E-state index in [0.29, 0.717) is 17.9 Å². The molecule has 16 heavy (non-hydrogen) atoms. The Kier molecular flexibility index (Phi) is 5.53. The van der Waals surface area contributed by atoms with E-state index in [-0.39, 0.29) is 5.78 Å². The summed E-state index contributed by atoms with van der Waals surface area (Å²) in [5.74, 6) is 0.718. The summed E-state index contributed by atoms with van der Waals surface area (Å²) in [5.41, 5.74) is 0.652. The highest BCUT2D eigenvalue weighted by molar-refractivity contribution is 9.10. The molecule has 0 amide bonds. The summed E-state index contributed by atoms with van der Waals surface area (Å²) in [4.78, 5) is 11.4. The van der Waals surface area contributed by atoms with Crippen LogP contribution in [0.4, 0.5) is 0 Å². The number of Topliss-reactive ketones (excluding diaryl/α,β-unsaturated/α-hetero) is 1. The topological polar surface area (TPSA) is 26.3 Å². The Bertz CT molecular complexity index is 361. The predicted molar refractivity (Wildman–Crippen MR) is 69.2 cm³/mol. The number of ketones is 1. The minimum atomic E-state index is 0.0398. The van der Waals surface area contributed by atoms with E-state index in [4.69, 9.17) is 4.74 Å². The fourth-order valence-corrected chi connectivity index (χ4v) is 1.78. The lowest BCUT2D eigenvalue weighted by Gasteiger charge is -2.09. The average molecular weight is 285 g/mol. The molecule has 88 valence electrons. The van der Waals surface area contributed by atoms with Crippen LogP contribution in [0.2, 0.25) is 0 Å². The van der Waals surface area contributed by atoms with E-state index in [0.717, 1.165) is 17.3 Å². The van der Waals surface area contributed by atoms with E-state index < -0.39 is 0 Å². The zero-order valence-corrected chi connectivity index (χ0v) is 11.3. The molecule has 0 radical (unpaired) electrons. The van der Waals surface area contributed by atoms with Crippen LogP contribution in [-0.4, -0.2) is 12.4 Å². The SMILES string of the molecule is CCCCCOc1cc(Br)ccc1C(C)=O. The van der Waals surface area contributed by atoms with Gasteiger partial charge >= 0.3 is 0 Å². The van der Waals surface area contributed by atoms with Crippen molar-refractivity contribution in [2.24, 2.45) is 0 Å². The Morgan fingerprint density at radius 2 is 2.12 bits per heavy atom. The number of ether oxygens (including phenoxy) is 1. The molecule has 0 heterocycles. The number of unbranched alkanes of at least 4 members (excludes halogenated alkanes) is 2. The highest BCUT2D eigenvalue weighted by Crippen LogP contribution is 2.24. The maximum atomic E-state index is 11.4. The second kappa shape index (κ2) is 6.69. The molecule has 0 fully saturated rings. The third-order valence-electron chi connectivity index (χ3n) is 2.33. The first-order valence-corrected chi connectivity index (χ1v) is 6.37. The Morgan fingerprint density at radius 1 is 1.38 bits per heavy atom. The van der Waals surface area contributed by atoms with Gasteiger partial charge in [0.25, 0.3) is 0 Å². The van der Waals surface area contributed by atoms with Gasteiger partial charge < -0.3 is 4.74 Å². The molecule has 1 aromatic rings. The first-order chi connectivity index (χ1) is 7.65. The van der Waals surface area contributed by atoms with Crippen molar-refractivity contribution in [1.29, 1.82) is 0 Å². The van der Waals surface area contributed by atoms with E-state index in [1.165, 1.54) is 6.42 Å². The molecule has 3 heteroatoms. The van der Waals surface area contributed by atoms with Crippen LogP contribution < -0.4 is 4.74 Å². The predicted octanol–water partition coefficient (Wildman–Crippen LogP) is 4.22. The minimum Gasteiger partial charge on any atom is -0.493 e. The second-order valence-corrected chi connectivity index (χ2v) is 4.67. The monoisotopic (exact) mass is 284 g/mol. The summed E-state index contributed by atoms with van der Waals surface area (Å²) < 4.78 is 6.56. The number of halogens is 1. The molecule has 2 nitrogen and oxygen atoms in total. The van der Waals surface area contributed by atoms with Gasteiger partial charge in [0.05, 0.1) is 12.2 Å². The maximum Gasteiger partial charge on any atom is 0.163 e. The van der Waals surface area contributed by atoms with Crippen molar-refractivity contribution in [2.75, 3.05) is 6.61 Å². The van der Waals surface area contributed by atoms with Crippen LogP contribution in [0.15, 0.2) is 22.7 Å². The second-order valence-electron chi connectivity index (χ2n) is 3.75. The van der Waals surface area contributed by atoms with E-state index in [1.54, 1.807) is 13.0 Å². The first-order valence-electron chi connectivity index (χ1n) is 5.58. The van der Waals surface area contributed by atoms with Gasteiger partial charge in [0.1, 0.15) is 5.75 Å². The molecule has 1 rings (SSSR count). The van der Waals surface area contributed by atoms with Gasteiger partial charge in [0.2, 0.25) is 0 Å². The summed E-state index contributed by atoms with van der Waals surface area (Å²) in [6.07, 6.45) is 3.35. The maximum absolute atomic E-state index is 11.4. The summed E-state index contributed by atoms with van der Waals surface area (Å²) in [6, 6.07) is 5.50. The van der Waals surface area contributed by atoms with E-state index in [9.17, 15) is 4.79 Å². The van der Waals surface area contributed by atoms with Crippen molar-refractivity contribution < 1.29 is 9.53 Å². The van der Waals surface area contributed by atoms with Crippen molar-refractivity contribution in [3.63, 3.8) is 0 Å². The van der Waals surface area contributed by atoms with Crippen LogP contribution in [0.25, 0.3) is 0 Å². The number of hydrogen-bond acceptors (Lipinski definition) is 2. The lowest BCUT2D eigenvalue weighted by molar-refractivity contribution is 0.101. The van der Waals surface area contributed by atoms with Gasteiger partial charge in [0, 0.05) is 4.47 Å². The zero-order valence-electron chi connectivity index (χ0n) is 9.75. The molecule has 0 atom stereocenters. The van der Waals surface area contributed by atoms with Crippen LogP contribution >= 0.6 is 15.9 Å². The fraction of sp³-hybridized carbons (Fsp3) is 0.462. The number of carbonyl (C=O) groups excluding carboxylic acids is 1. The summed E-state index contributed by atoms with van der Waals surface area (Å²) in [5, 5.41) is 0. The van der Waals surface area contributed by atoms with Crippen LogP contribution in [-0.2, 0) is 0 Å². The number of hydrogen-bond donors (Lipinski definition) is 0. The summed E-state index contributed by atoms with van der Waals surface area (Å²) in [7, 11) is 0. The molecule has 0 unspecified atom stereocenters. The Morgan fingerprint density at radius 3 is 2.75 bits per heavy atom. The minimum absolute atomic E-state index is 0.0398. The largest absolute Gasteiger partial charge is 0.493 e. The van der Waals surface area contributed by atoms with Gasteiger partial charge in [-0.05, 0) is 31.5 Å². The van der Waals surface area contributed by atoms with Gasteiger partial charge in [-0.3, -0.25) is 4.79 Å². The van der Waals surface area contributed by atoms with Gasteiger partial charge in [0.15, 0.2) is 5.78 Å². The van der Waals surface area contributed by atoms with Crippen molar-refractivity contribution in [3.05, 3.63) is 28.2 Å². The van der Waals surface area contributed by atoms with Gasteiger partial charge in [-0.15, -0.1) is 0 Å². The zero-order chi connectivity index (χ0) is 12.0. The van der Waals surface area contributed by atoms with Gasteiger partial charge in [-0.2, -0.15) is 0 Å². The molecule has 0 N–H and O–H groups in total. The molecular formula is C13H17BrO2. The van der Waals surface area contributed by atoms with Crippen molar-refractivity contribution in [3.8, 4) is 5.75 Å². The molecule has 0 bridgehead atoms. The normalized spacial score (nSPS) is 10.2. The van der Waals surface area contributed by atoms with E-state index in [2.05, 4.69) is 22.9 Å². The smallest absolute Gasteiger partial charge is 0.163 e. The molecule has 0 saturated carbocycles. The summed E-state index contributed by atoms with van der Waals surface area (Å²) >= 11 is 3.38. The van der Waals surface area contributed by atoms with Crippen LogP contribution in [0.1, 0.15) is 43.5 Å². The Labute approximate surface area is 105 Å². The van der Waals surface area contributed by atoms with Crippen LogP contribution in [0, 0.1) is 0 Å². The van der Waals surface area contributed by atoms with Crippen LogP contribution in [0.5, 0.6) is 5.75 Å². The molecule has 0 saturated heterocycles. The lowest BCUT2D eigenvalue weighted by atomic mass is 10.1. The summed E-state index contributed by atoms with van der Waals surface area (Å²) in [6.45, 7) is 4.38. The molecule has 0 aromatic heterocycles. The van der Waals surface area contributed by atoms with Crippen LogP contribution in [0.3, 0.4) is 0 Å². The van der Waals surface area contributed by atoms with E-state index in [1.807, 2.05) is 12.1 Å². The number of benzene rings is 1. The van der Waals surface area contributed by atoms with Gasteiger partial charge in [-0.25, -0.2) is 0 Å². The number of rotatable bonds is 6. The van der Waals surface area contributed by atoms with Crippen molar-refractivity contribution >= 4 is 21.7 Å². The van der Waals surface area contributed by atoms with Gasteiger partial charge in [-0.1, -0.05) is 35.7 Å². The molecule has 0 spiro atoms. The van der Waals surface area contributed by atoms with Crippen molar-refractivity contribution in [1.82, 2.24) is 0 Å². The third kappa shape index (κ3) is 3.97. The highest BCUT2D eigenvalue weighted by Gasteiger charge is 2.08. The molecule has 1 aromatic carbocycles. The molecule has 0 aliphatic carbocycles. The average Bonchev–Trinajstić information content (AvgIpc) is 2.24. The Hall–Kier alpha value is -0.830.